The van der Waals surface area contributed by atoms with Gasteiger partial charge in [-0.05, 0) is 63.2 Å². The Morgan fingerprint density at radius 1 is 0.944 bits per heavy atom. The Hall–Kier alpha value is -0.860. The molecule has 0 bridgehead atoms. The number of ether oxygens (including phenoxy) is 1. The summed E-state index contributed by atoms with van der Waals surface area (Å²) >= 11 is 0. The van der Waals surface area contributed by atoms with Crippen molar-refractivity contribution < 1.29 is 14.3 Å². The molecule has 0 heterocycles. The minimum Gasteiger partial charge on any atom is -0.469 e. The van der Waals surface area contributed by atoms with Crippen LogP contribution in [0.5, 0.6) is 0 Å². The van der Waals surface area contributed by atoms with Gasteiger partial charge in [0.2, 0.25) is 0 Å². The summed E-state index contributed by atoms with van der Waals surface area (Å²) < 4.78 is 4.82. The highest BCUT2D eigenvalue weighted by atomic mass is 16.5. The molecule has 3 nitrogen and oxygen atoms in total. The molecule has 0 atom stereocenters. The van der Waals surface area contributed by atoms with Gasteiger partial charge in [0, 0.05) is 5.92 Å². The SMILES string of the molecule is COC(=O)C1CCC(C2CCC(C=O)CC2)CC1. The predicted octanol–water partition coefficient (Wildman–Crippen LogP) is 2.97. The molecule has 2 rings (SSSR count). The van der Waals surface area contributed by atoms with Gasteiger partial charge in [-0.1, -0.05) is 0 Å². The molecule has 2 saturated carbocycles. The fraction of sp³-hybridized carbons (Fsp3) is 0.867. The lowest BCUT2D eigenvalue weighted by molar-refractivity contribution is -0.147. The zero-order valence-electron chi connectivity index (χ0n) is 11.3. The second-order valence-corrected chi connectivity index (χ2v) is 5.95. The van der Waals surface area contributed by atoms with Gasteiger partial charge in [0.15, 0.2) is 0 Å². The van der Waals surface area contributed by atoms with Gasteiger partial charge in [0.1, 0.15) is 6.29 Å². The van der Waals surface area contributed by atoms with Crippen LogP contribution in [-0.4, -0.2) is 19.4 Å². The van der Waals surface area contributed by atoms with Crippen molar-refractivity contribution in [2.75, 3.05) is 7.11 Å². The Morgan fingerprint density at radius 3 is 1.89 bits per heavy atom. The van der Waals surface area contributed by atoms with Gasteiger partial charge in [-0.25, -0.2) is 0 Å². The molecule has 0 aromatic rings. The van der Waals surface area contributed by atoms with Gasteiger partial charge >= 0.3 is 5.97 Å². The molecule has 0 aromatic carbocycles. The van der Waals surface area contributed by atoms with Crippen LogP contribution in [0.4, 0.5) is 0 Å². The Kier molecular flexibility index (Phi) is 4.79. The van der Waals surface area contributed by atoms with E-state index in [0.29, 0.717) is 5.92 Å². The molecule has 2 aliphatic carbocycles. The minimum atomic E-state index is -0.0295. The third-order valence-corrected chi connectivity index (χ3v) is 4.98. The summed E-state index contributed by atoms with van der Waals surface area (Å²) in [4.78, 5) is 22.2. The topological polar surface area (TPSA) is 43.4 Å². The highest BCUT2D eigenvalue weighted by Gasteiger charge is 2.33. The van der Waals surface area contributed by atoms with Crippen LogP contribution < -0.4 is 0 Å². The third kappa shape index (κ3) is 3.12. The largest absolute Gasteiger partial charge is 0.469 e. The smallest absolute Gasteiger partial charge is 0.308 e. The van der Waals surface area contributed by atoms with E-state index >= 15 is 0 Å². The van der Waals surface area contributed by atoms with Crippen molar-refractivity contribution in [2.45, 2.75) is 51.4 Å². The zero-order valence-corrected chi connectivity index (χ0v) is 11.3. The fourth-order valence-corrected chi connectivity index (χ4v) is 3.75. The Labute approximate surface area is 109 Å². The molecule has 2 fully saturated rings. The van der Waals surface area contributed by atoms with E-state index in [-0.39, 0.29) is 11.9 Å². The van der Waals surface area contributed by atoms with Gasteiger partial charge in [-0.2, -0.15) is 0 Å². The van der Waals surface area contributed by atoms with E-state index in [4.69, 9.17) is 4.74 Å². The van der Waals surface area contributed by atoms with E-state index in [9.17, 15) is 9.59 Å². The first-order chi connectivity index (χ1) is 8.74. The fourth-order valence-electron chi connectivity index (χ4n) is 3.75. The van der Waals surface area contributed by atoms with Crippen LogP contribution >= 0.6 is 0 Å². The van der Waals surface area contributed by atoms with Gasteiger partial charge < -0.3 is 9.53 Å². The number of rotatable bonds is 3. The molecule has 0 amide bonds. The summed E-state index contributed by atoms with van der Waals surface area (Å²) in [5, 5.41) is 0. The van der Waals surface area contributed by atoms with E-state index in [1.165, 1.54) is 20.0 Å². The second-order valence-electron chi connectivity index (χ2n) is 5.95. The molecule has 0 aliphatic heterocycles. The minimum absolute atomic E-state index is 0.0295. The molecule has 0 aromatic heterocycles. The zero-order chi connectivity index (χ0) is 13.0. The number of methoxy groups -OCH3 is 1. The average Bonchev–Trinajstić information content (AvgIpc) is 2.47. The maximum absolute atomic E-state index is 11.5. The molecule has 102 valence electrons. The first kappa shape index (κ1) is 13.6. The third-order valence-electron chi connectivity index (χ3n) is 4.98. The highest BCUT2D eigenvalue weighted by molar-refractivity contribution is 5.72. The average molecular weight is 252 g/mol. The van der Waals surface area contributed by atoms with E-state index in [1.807, 2.05) is 0 Å². The number of carbonyl (C=O) groups excluding carboxylic acids is 2. The Bertz CT molecular complexity index is 284. The molecule has 18 heavy (non-hydrogen) atoms. The molecule has 0 radical (unpaired) electrons. The van der Waals surface area contributed by atoms with Crippen molar-refractivity contribution in [2.24, 2.45) is 23.7 Å². The van der Waals surface area contributed by atoms with Gasteiger partial charge in [-0.15, -0.1) is 0 Å². The summed E-state index contributed by atoms with van der Waals surface area (Å²) in [6.45, 7) is 0. The van der Waals surface area contributed by atoms with E-state index < -0.39 is 0 Å². The standard InChI is InChI=1S/C15H24O3/c1-18-15(17)14-8-6-13(7-9-14)12-4-2-11(10-16)3-5-12/h10-14H,2-9H2,1H3. The van der Waals surface area contributed by atoms with Crippen molar-refractivity contribution in [3.8, 4) is 0 Å². The van der Waals surface area contributed by atoms with E-state index in [1.54, 1.807) is 0 Å². The molecular formula is C15H24O3. The first-order valence-electron chi connectivity index (χ1n) is 7.27. The van der Waals surface area contributed by atoms with E-state index in [2.05, 4.69) is 0 Å². The van der Waals surface area contributed by atoms with Crippen LogP contribution in [-0.2, 0) is 14.3 Å². The maximum atomic E-state index is 11.5. The number of carbonyl (C=O) groups is 2. The Morgan fingerprint density at radius 2 is 1.44 bits per heavy atom. The maximum Gasteiger partial charge on any atom is 0.308 e. The predicted molar refractivity (Wildman–Crippen MR) is 69.0 cm³/mol. The highest BCUT2D eigenvalue weighted by Crippen LogP contribution is 2.41. The van der Waals surface area contributed by atoms with Crippen molar-refractivity contribution in [3.05, 3.63) is 0 Å². The van der Waals surface area contributed by atoms with Crippen molar-refractivity contribution >= 4 is 12.3 Å². The molecule has 0 N–H and O–H groups in total. The van der Waals surface area contributed by atoms with Gasteiger partial charge in [0.25, 0.3) is 0 Å². The van der Waals surface area contributed by atoms with Crippen molar-refractivity contribution in [1.82, 2.24) is 0 Å². The van der Waals surface area contributed by atoms with Crippen LogP contribution in [0.25, 0.3) is 0 Å². The number of esters is 1. The number of hydrogen-bond acceptors (Lipinski definition) is 3. The summed E-state index contributed by atoms with van der Waals surface area (Å²) in [7, 11) is 1.48. The molecular weight excluding hydrogens is 228 g/mol. The Balaban J connectivity index is 1.76. The molecule has 0 spiro atoms. The lowest BCUT2D eigenvalue weighted by Gasteiger charge is -2.36. The summed E-state index contributed by atoms with van der Waals surface area (Å²) in [6, 6.07) is 0. The lowest BCUT2D eigenvalue weighted by Crippen LogP contribution is -2.29. The van der Waals surface area contributed by atoms with Crippen molar-refractivity contribution in [3.63, 3.8) is 0 Å². The molecule has 3 heteroatoms. The first-order valence-corrected chi connectivity index (χ1v) is 7.27. The van der Waals surface area contributed by atoms with Crippen LogP contribution in [0.3, 0.4) is 0 Å². The van der Waals surface area contributed by atoms with E-state index in [0.717, 1.165) is 56.6 Å². The van der Waals surface area contributed by atoms with Crippen LogP contribution in [0.2, 0.25) is 0 Å². The molecule has 0 saturated heterocycles. The summed E-state index contributed by atoms with van der Waals surface area (Å²) in [5.41, 5.74) is 0. The monoisotopic (exact) mass is 252 g/mol. The van der Waals surface area contributed by atoms with Crippen LogP contribution in [0, 0.1) is 23.7 Å². The number of aldehydes is 1. The quantitative estimate of drug-likeness (QED) is 0.573. The number of hydrogen-bond donors (Lipinski definition) is 0. The van der Waals surface area contributed by atoms with Crippen LogP contribution in [0.1, 0.15) is 51.4 Å². The van der Waals surface area contributed by atoms with Crippen molar-refractivity contribution in [1.29, 1.82) is 0 Å². The second kappa shape index (κ2) is 6.35. The van der Waals surface area contributed by atoms with Gasteiger partial charge in [0.05, 0.1) is 13.0 Å². The summed E-state index contributed by atoms with van der Waals surface area (Å²) in [5.74, 6) is 1.99. The molecule has 0 unspecified atom stereocenters. The normalized spacial score (nSPS) is 36.9. The van der Waals surface area contributed by atoms with Crippen LogP contribution in [0.15, 0.2) is 0 Å². The lowest BCUT2D eigenvalue weighted by atomic mass is 9.69. The van der Waals surface area contributed by atoms with Gasteiger partial charge in [-0.3, -0.25) is 4.79 Å². The molecule has 2 aliphatic rings. The summed E-state index contributed by atoms with van der Waals surface area (Å²) in [6.07, 6.45) is 10.00.